The van der Waals surface area contributed by atoms with Gasteiger partial charge >= 0.3 is 0 Å². The smallest absolute Gasteiger partial charge is 0.221 e. The van der Waals surface area contributed by atoms with Crippen LogP contribution < -0.4 is 10.1 Å². The topological polar surface area (TPSA) is 70.9 Å². The fraction of sp³-hybridized carbons (Fsp3) is 0.125. The molecule has 23 heavy (non-hydrogen) atoms. The van der Waals surface area contributed by atoms with Crippen molar-refractivity contribution in [3.8, 4) is 11.5 Å². The highest BCUT2D eigenvalue weighted by Crippen LogP contribution is 2.33. The number of methoxy groups -OCH3 is 1. The number of carbonyl (C=O) groups excluding carboxylic acids is 1. The van der Waals surface area contributed by atoms with E-state index in [1.807, 2.05) is 0 Å². The predicted molar refractivity (Wildman–Crippen MR) is 98.1 cm³/mol. The van der Waals surface area contributed by atoms with E-state index in [2.05, 4.69) is 42.2 Å². The van der Waals surface area contributed by atoms with Crippen LogP contribution in [-0.4, -0.2) is 24.3 Å². The number of amides is 1. The second-order valence-electron chi connectivity index (χ2n) is 4.65. The molecular formula is C16H14Br2N2O3. The number of halogens is 2. The average Bonchev–Trinajstić information content (AvgIpc) is 2.49. The summed E-state index contributed by atoms with van der Waals surface area (Å²) in [5, 5.41) is 12.7. The van der Waals surface area contributed by atoms with E-state index in [4.69, 9.17) is 4.74 Å². The van der Waals surface area contributed by atoms with Crippen LogP contribution in [0.1, 0.15) is 12.5 Å². The van der Waals surface area contributed by atoms with Crippen LogP contribution in [0.25, 0.3) is 0 Å². The van der Waals surface area contributed by atoms with E-state index in [9.17, 15) is 9.90 Å². The van der Waals surface area contributed by atoms with Gasteiger partial charge in [-0.3, -0.25) is 9.79 Å². The van der Waals surface area contributed by atoms with Gasteiger partial charge in [0.1, 0.15) is 17.2 Å². The van der Waals surface area contributed by atoms with Crippen LogP contribution in [0, 0.1) is 0 Å². The lowest BCUT2D eigenvalue weighted by molar-refractivity contribution is -0.114. The van der Waals surface area contributed by atoms with Gasteiger partial charge in [0.05, 0.1) is 11.6 Å². The van der Waals surface area contributed by atoms with Crippen LogP contribution in [0.2, 0.25) is 0 Å². The Kier molecular flexibility index (Phi) is 5.79. The van der Waals surface area contributed by atoms with Gasteiger partial charge in [-0.05, 0) is 46.3 Å². The monoisotopic (exact) mass is 440 g/mol. The highest BCUT2D eigenvalue weighted by atomic mass is 79.9. The Morgan fingerprint density at radius 1 is 1.30 bits per heavy atom. The van der Waals surface area contributed by atoms with Crippen molar-refractivity contribution >= 4 is 55.4 Å². The molecule has 0 fully saturated rings. The van der Waals surface area contributed by atoms with Crippen LogP contribution in [0.3, 0.4) is 0 Å². The minimum absolute atomic E-state index is 0.0916. The fourth-order valence-electron chi connectivity index (χ4n) is 1.90. The molecule has 0 aliphatic rings. The Bertz CT molecular complexity index is 776. The zero-order chi connectivity index (χ0) is 17.0. The molecule has 120 valence electrons. The summed E-state index contributed by atoms with van der Waals surface area (Å²) in [7, 11) is 1.54. The van der Waals surface area contributed by atoms with Gasteiger partial charge in [0.15, 0.2) is 0 Å². The standard InChI is InChI=1S/C16H14Br2N2O3/c1-9(21)20-12-3-4-15(23-2)14(7-12)19-8-10-5-11(17)6-13(18)16(10)22/h3-8,22H,1-2H3,(H,20,21). The molecule has 0 aliphatic carbocycles. The average molecular weight is 442 g/mol. The Hall–Kier alpha value is -1.86. The van der Waals surface area contributed by atoms with Gasteiger partial charge < -0.3 is 15.2 Å². The van der Waals surface area contributed by atoms with E-state index in [-0.39, 0.29) is 11.7 Å². The molecule has 0 spiro atoms. The molecule has 0 saturated heterocycles. The number of hydrogen-bond donors (Lipinski definition) is 2. The summed E-state index contributed by atoms with van der Waals surface area (Å²) in [4.78, 5) is 15.5. The number of ether oxygens (including phenoxy) is 1. The lowest BCUT2D eigenvalue weighted by Gasteiger charge is -2.08. The van der Waals surface area contributed by atoms with E-state index in [0.29, 0.717) is 27.2 Å². The van der Waals surface area contributed by atoms with Crippen molar-refractivity contribution in [2.24, 2.45) is 4.99 Å². The summed E-state index contributed by atoms with van der Waals surface area (Å²) in [6.07, 6.45) is 1.53. The number of aromatic hydroxyl groups is 1. The summed E-state index contributed by atoms with van der Waals surface area (Å²) in [5.74, 6) is 0.483. The lowest BCUT2D eigenvalue weighted by Crippen LogP contribution is -2.05. The number of rotatable bonds is 4. The van der Waals surface area contributed by atoms with E-state index < -0.39 is 0 Å². The number of nitrogens with one attached hydrogen (secondary N) is 1. The van der Waals surface area contributed by atoms with Crippen molar-refractivity contribution in [2.75, 3.05) is 12.4 Å². The second-order valence-corrected chi connectivity index (χ2v) is 6.42. The van der Waals surface area contributed by atoms with Crippen molar-refractivity contribution in [3.63, 3.8) is 0 Å². The molecule has 1 amide bonds. The Labute approximate surface area is 150 Å². The molecule has 5 nitrogen and oxygen atoms in total. The number of anilines is 1. The van der Waals surface area contributed by atoms with Crippen molar-refractivity contribution < 1.29 is 14.6 Å². The van der Waals surface area contributed by atoms with Crippen LogP contribution in [0.4, 0.5) is 11.4 Å². The number of nitrogens with zero attached hydrogens (tertiary/aromatic N) is 1. The number of phenolic OH excluding ortho intramolecular Hbond substituents is 1. The summed E-state index contributed by atoms with van der Waals surface area (Å²) >= 11 is 6.64. The first-order chi connectivity index (χ1) is 10.9. The highest BCUT2D eigenvalue weighted by Gasteiger charge is 2.07. The van der Waals surface area contributed by atoms with Gasteiger partial charge in [-0.2, -0.15) is 0 Å². The first kappa shape index (κ1) is 17.5. The predicted octanol–water partition coefficient (Wildman–Crippen LogP) is 4.63. The van der Waals surface area contributed by atoms with Gasteiger partial charge in [-0.15, -0.1) is 0 Å². The highest BCUT2D eigenvalue weighted by molar-refractivity contribution is 9.11. The minimum atomic E-state index is -0.168. The maximum absolute atomic E-state index is 11.2. The number of phenols is 1. The number of carbonyl (C=O) groups is 1. The zero-order valence-electron chi connectivity index (χ0n) is 12.4. The van der Waals surface area contributed by atoms with Crippen molar-refractivity contribution in [3.05, 3.63) is 44.8 Å². The zero-order valence-corrected chi connectivity index (χ0v) is 15.6. The quantitative estimate of drug-likeness (QED) is 0.679. The molecule has 0 saturated carbocycles. The van der Waals surface area contributed by atoms with Gasteiger partial charge in [0.2, 0.25) is 5.91 Å². The molecule has 7 heteroatoms. The Morgan fingerprint density at radius 3 is 2.70 bits per heavy atom. The van der Waals surface area contributed by atoms with Gasteiger partial charge in [-0.25, -0.2) is 0 Å². The van der Waals surface area contributed by atoms with Crippen LogP contribution in [-0.2, 0) is 4.79 Å². The van der Waals surface area contributed by atoms with Gasteiger partial charge in [0, 0.05) is 28.9 Å². The molecule has 0 aromatic heterocycles. The minimum Gasteiger partial charge on any atom is -0.506 e. The van der Waals surface area contributed by atoms with Crippen LogP contribution in [0.15, 0.2) is 44.3 Å². The molecule has 2 rings (SSSR count). The molecule has 2 aromatic rings. The SMILES string of the molecule is COc1ccc(NC(C)=O)cc1N=Cc1cc(Br)cc(Br)c1O. The van der Waals surface area contributed by atoms with Crippen LogP contribution >= 0.6 is 31.9 Å². The van der Waals surface area contributed by atoms with Crippen LogP contribution in [0.5, 0.6) is 11.5 Å². The molecule has 0 atom stereocenters. The second kappa shape index (κ2) is 7.61. The Morgan fingerprint density at radius 2 is 2.04 bits per heavy atom. The third kappa shape index (κ3) is 4.56. The maximum atomic E-state index is 11.2. The summed E-state index contributed by atoms with van der Waals surface area (Å²) < 4.78 is 6.63. The third-order valence-electron chi connectivity index (χ3n) is 2.90. The summed E-state index contributed by atoms with van der Waals surface area (Å²) in [6, 6.07) is 8.63. The van der Waals surface area contributed by atoms with E-state index in [1.54, 1.807) is 37.4 Å². The van der Waals surface area contributed by atoms with E-state index in [0.717, 1.165) is 4.47 Å². The molecule has 0 aliphatic heterocycles. The lowest BCUT2D eigenvalue weighted by atomic mass is 10.2. The molecular weight excluding hydrogens is 428 g/mol. The molecule has 0 radical (unpaired) electrons. The summed E-state index contributed by atoms with van der Waals surface area (Å²) in [5.41, 5.74) is 1.69. The number of benzene rings is 2. The molecule has 0 heterocycles. The van der Waals surface area contributed by atoms with E-state index >= 15 is 0 Å². The normalized spacial score (nSPS) is 10.8. The number of hydrogen-bond acceptors (Lipinski definition) is 4. The molecule has 2 aromatic carbocycles. The largest absolute Gasteiger partial charge is 0.506 e. The summed E-state index contributed by atoms with van der Waals surface area (Å²) in [6.45, 7) is 1.43. The molecule has 0 bridgehead atoms. The third-order valence-corrected chi connectivity index (χ3v) is 3.96. The maximum Gasteiger partial charge on any atom is 0.221 e. The first-order valence-electron chi connectivity index (χ1n) is 6.58. The van der Waals surface area contributed by atoms with Crippen molar-refractivity contribution in [1.29, 1.82) is 0 Å². The van der Waals surface area contributed by atoms with E-state index in [1.165, 1.54) is 13.1 Å². The van der Waals surface area contributed by atoms with Crippen molar-refractivity contribution in [1.82, 2.24) is 0 Å². The van der Waals surface area contributed by atoms with Gasteiger partial charge in [-0.1, -0.05) is 15.9 Å². The van der Waals surface area contributed by atoms with Crippen molar-refractivity contribution in [2.45, 2.75) is 6.92 Å². The molecule has 2 N–H and O–H groups in total. The first-order valence-corrected chi connectivity index (χ1v) is 8.17. The fourth-order valence-corrected chi connectivity index (χ4v) is 3.15. The van der Waals surface area contributed by atoms with Gasteiger partial charge in [0.25, 0.3) is 0 Å². The Balaban J connectivity index is 2.40. The molecule has 0 unspecified atom stereocenters. The number of aliphatic imine (C=N–C) groups is 1.